The Balaban J connectivity index is 1.81. The maximum atomic E-state index is 12.8. The van der Waals surface area contributed by atoms with Gasteiger partial charge in [-0.05, 0) is 53.9 Å². The molecule has 3 atom stereocenters. The number of piperidine rings is 1. The van der Waals surface area contributed by atoms with Crippen LogP contribution in [0.4, 0.5) is 0 Å². The zero-order chi connectivity index (χ0) is 18.7. The Kier molecular flexibility index (Phi) is 6.69. The van der Waals surface area contributed by atoms with Crippen molar-refractivity contribution in [2.75, 3.05) is 20.8 Å². The fourth-order valence-electron chi connectivity index (χ4n) is 3.47. The average Bonchev–Trinajstić information content (AvgIpc) is 2.65. The Morgan fingerprint density at radius 3 is 3.00 bits per heavy atom. The molecule has 3 rings (SSSR count). The van der Waals surface area contributed by atoms with Gasteiger partial charge in [-0.25, -0.2) is 4.98 Å². The monoisotopic (exact) mass is 443 g/mol. The molecule has 2 aromatic rings. The summed E-state index contributed by atoms with van der Waals surface area (Å²) in [5, 5.41) is 4.49. The molecule has 142 valence electrons. The van der Waals surface area contributed by atoms with Crippen LogP contribution in [0.3, 0.4) is 0 Å². The standard InChI is InChI=1S/C18H23BrClN3O3/c1-25-11(6-16-17(26-2)4-3-5-21-16)9-23-10-22-15-8-13(19)14(20)7-12(15)18(23)24/h7-8,10-11,16-17,21H,3-6,9H2,1-2H3. The molecule has 0 radical (unpaired) electrons. The Labute approximate surface area is 166 Å². The van der Waals surface area contributed by atoms with E-state index in [2.05, 4.69) is 26.2 Å². The molecule has 1 saturated heterocycles. The van der Waals surface area contributed by atoms with Gasteiger partial charge in [-0.3, -0.25) is 9.36 Å². The Bertz CT molecular complexity index is 829. The van der Waals surface area contributed by atoms with E-state index in [0.717, 1.165) is 30.3 Å². The quantitative estimate of drug-likeness (QED) is 0.742. The normalized spacial score (nSPS) is 21.8. The summed E-state index contributed by atoms with van der Waals surface area (Å²) in [6.07, 6.45) is 4.53. The van der Waals surface area contributed by atoms with E-state index < -0.39 is 0 Å². The van der Waals surface area contributed by atoms with E-state index in [-0.39, 0.29) is 23.8 Å². The van der Waals surface area contributed by atoms with Crippen molar-refractivity contribution in [2.45, 2.75) is 44.1 Å². The lowest BCUT2D eigenvalue weighted by Crippen LogP contribution is -2.48. The zero-order valence-corrected chi connectivity index (χ0v) is 17.2. The van der Waals surface area contributed by atoms with Crippen molar-refractivity contribution in [3.8, 4) is 0 Å². The largest absolute Gasteiger partial charge is 0.380 e. The highest BCUT2D eigenvalue weighted by Crippen LogP contribution is 2.25. The van der Waals surface area contributed by atoms with Crippen LogP contribution in [0.15, 0.2) is 27.7 Å². The van der Waals surface area contributed by atoms with Crippen molar-refractivity contribution in [2.24, 2.45) is 0 Å². The predicted molar refractivity (Wildman–Crippen MR) is 106 cm³/mol. The molecule has 26 heavy (non-hydrogen) atoms. The van der Waals surface area contributed by atoms with Crippen LogP contribution in [0.25, 0.3) is 10.9 Å². The second kappa shape index (κ2) is 8.80. The highest BCUT2D eigenvalue weighted by atomic mass is 79.9. The van der Waals surface area contributed by atoms with E-state index in [9.17, 15) is 4.79 Å². The molecule has 1 aromatic carbocycles. The van der Waals surface area contributed by atoms with E-state index in [1.807, 2.05) is 0 Å². The maximum Gasteiger partial charge on any atom is 0.261 e. The van der Waals surface area contributed by atoms with Gasteiger partial charge in [-0.2, -0.15) is 0 Å². The molecule has 0 bridgehead atoms. The van der Waals surface area contributed by atoms with Crippen molar-refractivity contribution in [3.05, 3.63) is 38.3 Å². The minimum Gasteiger partial charge on any atom is -0.380 e. The Morgan fingerprint density at radius 2 is 2.27 bits per heavy atom. The molecule has 0 spiro atoms. The second-order valence-electron chi connectivity index (χ2n) is 6.56. The molecule has 0 aliphatic carbocycles. The smallest absolute Gasteiger partial charge is 0.261 e. The van der Waals surface area contributed by atoms with Crippen LogP contribution in [0.2, 0.25) is 5.02 Å². The highest BCUT2D eigenvalue weighted by Gasteiger charge is 2.27. The number of ether oxygens (including phenoxy) is 2. The van der Waals surface area contributed by atoms with Gasteiger partial charge in [0.25, 0.3) is 5.56 Å². The molecule has 8 heteroatoms. The number of rotatable bonds is 6. The first-order valence-electron chi connectivity index (χ1n) is 8.66. The summed E-state index contributed by atoms with van der Waals surface area (Å²) in [7, 11) is 3.41. The molecular formula is C18H23BrClN3O3. The van der Waals surface area contributed by atoms with Crippen LogP contribution in [0.5, 0.6) is 0 Å². The number of benzene rings is 1. The summed E-state index contributed by atoms with van der Waals surface area (Å²) >= 11 is 9.50. The third kappa shape index (κ3) is 4.28. The van der Waals surface area contributed by atoms with Gasteiger partial charge in [0.2, 0.25) is 0 Å². The van der Waals surface area contributed by atoms with Crippen molar-refractivity contribution in [1.29, 1.82) is 0 Å². The summed E-state index contributed by atoms with van der Waals surface area (Å²) in [5.74, 6) is 0. The lowest BCUT2D eigenvalue weighted by Gasteiger charge is -2.33. The molecule has 0 saturated carbocycles. The predicted octanol–water partition coefficient (Wildman–Crippen LogP) is 2.98. The lowest BCUT2D eigenvalue weighted by atomic mass is 9.96. The second-order valence-corrected chi connectivity index (χ2v) is 7.82. The fourth-order valence-corrected chi connectivity index (χ4v) is 3.97. The fraction of sp³-hybridized carbons (Fsp3) is 0.556. The van der Waals surface area contributed by atoms with Gasteiger partial charge in [0.15, 0.2) is 0 Å². The summed E-state index contributed by atoms with van der Waals surface area (Å²) in [6, 6.07) is 3.62. The number of nitrogens with zero attached hydrogens (tertiary/aromatic N) is 2. The average molecular weight is 445 g/mol. The minimum atomic E-state index is -0.119. The number of halogens is 2. The van der Waals surface area contributed by atoms with Crippen LogP contribution in [0, 0.1) is 0 Å². The van der Waals surface area contributed by atoms with E-state index in [4.69, 9.17) is 21.1 Å². The van der Waals surface area contributed by atoms with Gasteiger partial charge in [0, 0.05) is 24.7 Å². The molecule has 1 fully saturated rings. The SMILES string of the molecule is COC(CC1NCCCC1OC)Cn1cnc2cc(Br)c(Cl)cc2c1=O. The zero-order valence-electron chi connectivity index (χ0n) is 14.9. The first-order valence-corrected chi connectivity index (χ1v) is 9.83. The van der Waals surface area contributed by atoms with Gasteiger partial charge in [0.1, 0.15) is 0 Å². The number of hydrogen-bond donors (Lipinski definition) is 1. The molecule has 2 heterocycles. The Hall–Kier alpha value is -0.990. The molecular weight excluding hydrogens is 422 g/mol. The third-order valence-electron chi connectivity index (χ3n) is 4.94. The van der Waals surface area contributed by atoms with Crippen LogP contribution < -0.4 is 10.9 Å². The number of nitrogens with one attached hydrogen (secondary N) is 1. The van der Waals surface area contributed by atoms with Crippen LogP contribution in [-0.2, 0) is 16.0 Å². The van der Waals surface area contributed by atoms with Gasteiger partial charge in [0.05, 0.1) is 41.0 Å². The van der Waals surface area contributed by atoms with Crippen LogP contribution >= 0.6 is 27.5 Å². The van der Waals surface area contributed by atoms with E-state index in [1.165, 1.54) is 0 Å². The molecule has 1 aromatic heterocycles. The molecule has 0 amide bonds. The van der Waals surface area contributed by atoms with Crippen LogP contribution in [0.1, 0.15) is 19.3 Å². The van der Waals surface area contributed by atoms with Crippen molar-refractivity contribution < 1.29 is 9.47 Å². The van der Waals surface area contributed by atoms with E-state index >= 15 is 0 Å². The third-order valence-corrected chi connectivity index (χ3v) is 6.14. The Morgan fingerprint density at radius 1 is 1.46 bits per heavy atom. The van der Waals surface area contributed by atoms with Gasteiger partial charge in [-0.15, -0.1) is 0 Å². The number of aromatic nitrogens is 2. The summed E-state index contributed by atoms with van der Waals surface area (Å²) in [5.41, 5.74) is 0.497. The van der Waals surface area contributed by atoms with Crippen molar-refractivity contribution >= 4 is 38.4 Å². The van der Waals surface area contributed by atoms with E-state index in [1.54, 1.807) is 37.2 Å². The molecule has 1 aliphatic heterocycles. The summed E-state index contributed by atoms with van der Waals surface area (Å²) < 4.78 is 13.5. The van der Waals surface area contributed by atoms with Gasteiger partial charge < -0.3 is 14.8 Å². The molecule has 1 N–H and O–H groups in total. The number of fused-ring (bicyclic) bond motifs is 1. The maximum absolute atomic E-state index is 12.8. The van der Waals surface area contributed by atoms with Crippen molar-refractivity contribution in [1.82, 2.24) is 14.9 Å². The first kappa shape index (κ1) is 19.8. The van der Waals surface area contributed by atoms with E-state index in [0.29, 0.717) is 22.5 Å². The first-order chi connectivity index (χ1) is 12.5. The van der Waals surface area contributed by atoms with Crippen molar-refractivity contribution in [3.63, 3.8) is 0 Å². The molecule has 3 unspecified atom stereocenters. The summed E-state index contributed by atoms with van der Waals surface area (Å²) in [4.78, 5) is 17.2. The molecule has 6 nitrogen and oxygen atoms in total. The minimum absolute atomic E-state index is 0.119. The summed E-state index contributed by atoms with van der Waals surface area (Å²) in [6.45, 7) is 1.41. The lowest BCUT2D eigenvalue weighted by molar-refractivity contribution is 0.00857. The highest BCUT2D eigenvalue weighted by molar-refractivity contribution is 9.10. The number of hydrogen-bond acceptors (Lipinski definition) is 5. The van der Waals surface area contributed by atoms with Gasteiger partial charge >= 0.3 is 0 Å². The number of methoxy groups -OCH3 is 2. The topological polar surface area (TPSA) is 65.4 Å². The van der Waals surface area contributed by atoms with Gasteiger partial charge in [-0.1, -0.05) is 11.6 Å². The molecule has 1 aliphatic rings. The van der Waals surface area contributed by atoms with Crippen LogP contribution in [-0.4, -0.2) is 48.6 Å².